The van der Waals surface area contributed by atoms with Crippen LogP contribution in [0.15, 0.2) is 30.6 Å². The maximum absolute atomic E-state index is 12.5. The molecule has 6 nitrogen and oxygen atoms in total. The van der Waals surface area contributed by atoms with Crippen molar-refractivity contribution in [3.05, 3.63) is 46.7 Å². The number of carbonyl (C=O) groups excluding carboxylic acids is 2. The number of imide groups is 1. The molecule has 0 atom stereocenters. The summed E-state index contributed by atoms with van der Waals surface area (Å²) < 4.78 is 10.4. The standard InChI is InChI=1S/C15H11ClN2O4/c1-21-12-6-13(22-2)11(5-10(12)16)18-14(19)8-3-4-17-7-9(8)15(18)20/h3-7H,1-2H3. The molecule has 0 N–H and O–H groups in total. The van der Waals surface area contributed by atoms with Crippen LogP contribution in [0.4, 0.5) is 5.69 Å². The predicted molar refractivity (Wildman–Crippen MR) is 79.9 cm³/mol. The monoisotopic (exact) mass is 318 g/mol. The molecule has 0 bridgehead atoms. The van der Waals surface area contributed by atoms with Gasteiger partial charge in [0.15, 0.2) is 0 Å². The van der Waals surface area contributed by atoms with Crippen molar-refractivity contribution < 1.29 is 19.1 Å². The molecular weight excluding hydrogens is 308 g/mol. The number of rotatable bonds is 3. The molecule has 0 saturated carbocycles. The lowest BCUT2D eigenvalue weighted by Gasteiger charge is -2.18. The van der Waals surface area contributed by atoms with Crippen LogP contribution < -0.4 is 14.4 Å². The van der Waals surface area contributed by atoms with Gasteiger partial charge in [0.1, 0.15) is 11.5 Å². The highest BCUT2D eigenvalue weighted by Crippen LogP contribution is 2.40. The molecule has 1 aliphatic heterocycles. The molecule has 22 heavy (non-hydrogen) atoms. The first-order chi connectivity index (χ1) is 10.6. The van der Waals surface area contributed by atoms with Crippen molar-refractivity contribution in [2.24, 2.45) is 0 Å². The van der Waals surface area contributed by atoms with E-state index in [2.05, 4.69) is 4.98 Å². The van der Waals surface area contributed by atoms with E-state index in [0.29, 0.717) is 17.1 Å². The fourth-order valence-corrected chi connectivity index (χ4v) is 2.56. The van der Waals surface area contributed by atoms with Crippen LogP contribution in [0.3, 0.4) is 0 Å². The van der Waals surface area contributed by atoms with E-state index in [-0.39, 0.29) is 16.3 Å². The minimum Gasteiger partial charge on any atom is -0.495 e. The molecule has 1 aromatic carbocycles. The molecule has 0 radical (unpaired) electrons. The number of pyridine rings is 1. The number of carbonyl (C=O) groups is 2. The van der Waals surface area contributed by atoms with Gasteiger partial charge in [-0.05, 0) is 12.1 Å². The molecule has 3 rings (SSSR count). The van der Waals surface area contributed by atoms with Gasteiger partial charge in [0.2, 0.25) is 0 Å². The predicted octanol–water partition coefficient (Wildman–Crippen LogP) is 2.55. The molecule has 0 spiro atoms. The van der Waals surface area contributed by atoms with Crippen LogP contribution >= 0.6 is 11.6 Å². The van der Waals surface area contributed by atoms with Crippen molar-refractivity contribution >= 4 is 29.1 Å². The van der Waals surface area contributed by atoms with Crippen LogP contribution in [0.1, 0.15) is 20.7 Å². The molecule has 2 heterocycles. The lowest BCUT2D eigenvalue weighted by molar-refractivity contribution is 0.0925. The summed E-state index contributed by atoms with van der Waals surface area (Å²) in [6.07, 6.45) is 2.83. The number of halogens is 1. The minimum absolute atomic E-state index is 0.251. The maximum atomic E-state index is 12.5. The van der Waals surface area contributed by atoms with Crippen molar-refractivity contribution in [3.63, 3.8) is 0 Å². The topological polar surface area (TPSA) is 68.7 Å². The Morgan fingerprint density at radius 2 is 1.73 bits per heavy atom. The number of nitrogens with zero attached hydrogens (tertiary/aromatic N) is 2. The highest BCUT2D eigenvalue weighted by Gasteiger charge is 2.38. The maximum Gasteiger partial charge on any atom is 0.267 e. The van der Waals surface area contributed by atoms with Crippen molar-refractivity contribution in [1.29, 1.82) is 0 Å². The Kier molecular flexibility index (Phi) is 3.46. The van der Waals surface area contributed by atoms with Crippen molar-refractivity contribution in [3.8, 4) is 11.5 Å². The Bertz CT molecular complexity index is 756. The summed E-state index contributed by atoms with van der Waals surface area (Å²) in [6.45, 7) is 0. The third-order valence-corrected chi connectivity index (χ3v) is 3.68. The van der Waals surface area contributed by atoms with Gasteiger partial charge >= 0.3 is 0 Å². The number of ether oxygens (including phenoxy) is 2. The minimum atomic E-state index is -0.465. The summed E-state index contributed by atoms with van der Waals surface area (Å²) in [5.41, 5.74) is 0.815. The third kappa shape index (κ3) is 2.00. The quantitative estimate of drug-likeness (QED) is 0.813. The summed E-state index contributed by atoms with van der Waals surface area (Å²) in [4.78, 5) is 29.9. The Hall–Kier alpha value is -2.60. The highest BCUT2D eigenvalue weighted by atomic mass is 35.5. The van der Waals surface area contributed by atoms with Gasteiger partial charge in [-0.3, -0.25) is 14.6 Å². The van der Waals surface area contributed by atoms with Crippen LogP contribution in [0.5, 0.6) is 11.5 Å². The highest BCUT2D eigenvalue weighted by molar-refractivity contribution is 6.36. The summed E-state index contributed by atoms with van der Waals surface area (Å²) >= 11 is 6.10. The van der Waals surface area contributed by atoms with Gasteiger partial charge in [0, 0.05) is 18.5 Å². The van der Waals surface area contributed by atoms with Crippen molar-refractivity contribution in [1.82, 2.24) is 4.98 Å². The van der Waals surface area contributed by atoms with Gasteiger partial charge in [-0.15, -0.1) is 0 Å². The number of methoxy groups -OCH3 is 2. The average molecular weight is 319 g/mol. The first kappa shape index (κ1) is 14.3. The Balaban J connectivity index is 2.15. The van der Waals surface area contributed by atoms with Gasteiger partial charge in [-0.1, -0.05) is 11.6 Å². The molecule has 112 valence electrons. The summed E-state index contributed by atoms with van der Waals surface area (Å²) in [7, 11) is 2.90. The molecule has 7 heteroatoms. The van der Waals surface area contributed by atoms with Crippen LogP contribution in [-0.2, 0) is 0 Å². The summed E-state index contributed by atoms with van der Waals surface area (Å²) in [6, 6.07) is 4.50. The van der Waals surface area contributed by atoms with E-state index in [4.69, 9.17) is 21.1 Å². The van der Waals surface area contributed by atoms with E-state index >= 15 is 0 Å². The molecule has 0 aliphatic carbocycles. The van der Waals surface area contributed by atoms with Gasteiger partial charge in [0.25, 0.3) is 11.8 Å². The number of amides is 2. The number of hydrogen-bond acceptors (Lipinski definition) is 5. The van der Waals surface area contributed by atoms with Crippen LogP contribution in [0.2, 0.25) is 5.02 Å². The molecular formula is C15H11ClN2O4. The number of anilines is 1. The fraction of sp³-hybridized carbons (Fsp3) is 0.133. The molecule has 0 saturated heterocycles. The van der Waals surface area contributed by atoms with Crippen molar-refractivity contribution in [2.45, 2.75) is 0 Å². The summed E-state index contributed by atoms with van der Waals surface area (Å²) in [5, 5.41) is 0.271. The van der Waals surface area contributed by atoms with E-state index in [1.165, 1.54) is 44.8 Å². The van der Waals surface area contributed by atoms with Gasteiger partial charge in [-0.2, -0.15) is 0 Å². The molecule has 2 aromatic rings. The van der Waals surface area contributed by atoms with E-state index in [9.17, 15) is 9.59 Å². The number of fused-ring (bicyclic) bond motifs is 1. The third-order valence-electron chi connectivity index (χ3n) is 3.38. The van der Waals surface area contributed by atoms with Crippen LogP contribution in [-0.4, -0.2) is 31.0 Å². The Labute approximate surface area is 131 Å². The van der Waals surface area contributed by atoms with Crippen LogP contribution in [0, 0.1) is 0 Å². The average Bonchev–Trinajstić information content (AvgIpc) is 2.79. The second-order valence-electron chi connectivity index (χ2n) is 4.53. The zero-order valence-corrected chi connectivity index (χ0v) is 12.5. The molecule has 0 fully saturated rings. The Morgan fingerprint density at radius 1 is 1.05 bits per heavy atom. The zero-order valence-electron chi connectivity index (χ0n) is 11.8. The zero-order chi connectivity index (χ0) is 15.9. The van der Waals surface area contributed by atoms with Gasteiger partial charge < -0.3 is 9.47 Å². The normalized spacial score (nSPS) is 13.3. The van der Waals surface area contributed by atoms with E-state index < -0.39 is 11.8 Å². The van der Waals surface area contributed by atoms with Gasteiger partial charge in [0.05, 0.1) is 36.1 Å². The second kappa shape index (κ2) is 5.31. The molecule has 2 amide bonds. The SMILES string of the molecule is COc1cc(OC)c(N2C(=O)c3ccncc3C2=O)cc1Cl. The lowest BCUT2D eigenvalue weighted by atomic mass is 10.2. The van der Waals surface area contributed by atoms with Crippen LogP contribution in [0.25, 0.3) is 0 Å². The summed E-state index contributed by atoms with van der Waals surface area (Å²) in [5.74, 6) is -0.209. The number of aromatic nitrogens is 1. The smallest absolute Gasteiger partial charge is 0.267 e. The Morgan fingerprint density at radius 3 is 2.36 bits per heavy atom. The first-order valence-electron chi connectivity index (χ1n) is 6.32. The van der Waals surface area contributed by atoms with E-state index in [0.717, 1.165) is 4.90 Å². The number of hydrogen-bond donors (Lipinski definition) is 0. The van der Waals surface area contributed by atoms with Gasteiger partial charge in [-0.25, -0.2) is 4.90 Å². The molecule has 1 aromatic heterocycles. The van der Waals surface area contributed by atoms with E-state index in [1.54, 1.807) is 0 Å². The lowest BCUT2D eigenvalue weighted by Crippen LogP contribution is -2.29. The van der Waals surface area contributed by atoms with E-state index in [1.807, 2.05) is 0 Å². The fourth-order valence-electron chi connectivity index (χ4n) is 2.32. The molecule has 0 unspecified atom stereocenters. The second-order valence-corrected chi connectivity index (χ2v) is 4.93. The largest absolute Gasteiger partial charge is 0.495 e. The van der Waals surface area contributed by atoms with Crippen molar-refractivity contribution in [2.75, 3.05) is 19.1 Å². The molecule has 1 aliphatic rings. The number of benzene rings is 1. The first-order valence-corrected chi connectivity index (χ1v) is 6.70.